The fourth-order valence-electron chi connectivity index (χ4n) is 2.23. The molecule has 4 nitrogen and oxygen atoms in total. The van der Waals surface area contributed by atoms with E-state index in [1.165, 1.54) is 0 Å². The number of carbonyl (C=O) groups excluding carboxylic acids is 1. The maximum Gasteiger partial charge on any atom is 0.319 e. The van der Waals surface area contributed by atoms with E-state index in [4.69, 9.17) is 0 Å². The molecule has 0 aliphatic heterocycles. The van der Waals surface area contributed by atoms with Gasteiger partial charge in [-0.15, -0.1) is 0 Å². The molecule has 0 spiro atoms. The maximum absolute atomic E-state index is 12.6. The summed E-state index contributed by atoms with van der Waals surface area (Å²) < 4.78 is 25.1. The highest BCUT2D eigenvalue weighted by atomic mass is 32.2. The van der Waals surface area contributed by atoms with Gasteiger partial charge in [-0.2, -0.15) is 8.78 Å². The van der Waals surface area contributed by atoms with Crippen molar-refractivity contribution in [2.24, 2.45) is 0 Å². The van der Waals surface area contributed by atoms with E-state index in [0.717, 1.165) is 5.69 Å². The molecule has 0 unspecified atom stereocenters. The predicted octanol–water partition coefficient (Wildman–Crippen LogP) is 4.65. The molecule has 25 heavy (non-hydrogen) atoms. The van der Waals surface area contributed by atoms with Gasteiger partial charge in [-0.1, -0.05) is 42.1 Å². The minimum atomic E-state index is -2.54. The molecule has 0 aliphatic rings. The van der Waals surface area contributed by atoms with E-state index in [1.807, 2.05) is 44.3 Å². The summed E-state index contributed by atoms with van der Waals surface area (Å²) in [5.74, 6) is -2.54. The minimum Gasteiger partial charge on any atom is -0.370 e. The summed E-state index contributed by atoms with van der Waals surface area (Å²) in [7, 11) is 1.95. The third kappa shape index (κ3) is 5.94. The molecular weight excluding hydrogens is 344 g/mol. The molecule has 0 aliphatic carbocycles. The van der Waals surface area contributed by atoms with E-state index in [-0.39, 0.29) is 6.04 Å². The van der Waals surface area contributed by atoms with Crippen molar-refractivity contribution in [1.82, 2.24) is 5.32 Å². The molecule has 134 valence electrons. The number of likely N-dealkylation sites (N-methyl/N-ethyl adjacent to an activating group) is 1. The number of halogens is 2. The number of rotatable bonds is 7. The van der Waals surface area contributed by atoms with Crippen molar-refractivity contribution in [3.8, 4) is 0 Å². The summed E-state index contributed by atoms with van der Waals surface area (Å²) in [6.45, 7) is 2.41. The van der Waals surface area contributed by atoms with Gasteiger partial charge in [-0.3, -0.25) is 0 Å². The monoisotopic (exact) mass is 365 g/mol. The maximum atomic E-state index is 12.6. The van der Waals surface area contributed by atoms with Crippen LogP contribution in [-0.2, 0) is 0 Å². The Kier molecular flexibility index (Phi) is 7.06. The second-order valence-electron chi connectivity index (χ2n) is 5.51. The van der Waals surface area contributed by atoms with E-state index in [1.54, 1.807) is 24.3 Å². The average Bonchev–Trinajstić information content (AvgIpc) is 2.61. The molecule has 0 aromatic heterocycles. The molecule has 2 aromatic rings. The fourth-order valence-corrected chi connectivity index (χ4v) is 2.83. The minimum absolute atomic E-state index is 0.0684. The van der Waals surface area contributed by atoms with Gasteiger partial charge < -0.3 is 15.5 Å². The van der Waals surface area contributed by atoms with Crippen LogP contribution in [0.2, 0.25) is 0 Å². The second-order valence-corrected chi connectivity index (χ2v) is 6.54. The van der Waals surface area contributed by atoms with Crippen molar-refractivity contribution in [1.29, 1.82) is 0 Å². The molecule has 0 heterocycles. The Bertz CT molecular complexity index is 685. The lowest BCUT2D eigenvalue weighted by Gasteiger charge is -2.27. The lowest BCUT2D eigenvalue weighted by atomic mass is 10.2. The molecule has 0 saturated carbocycles. The quantitative estimate of drug-likeness (QED) is 0.702. The Morgan fingerprint density at radius 2 is 1.76 bits per heavy atom. The highest BCUT2D eigenvalue weighted by Gasteiger charge is 2.14. The zero-order valence-electron chi connectivity index (χ0n) is 14.1. The summed E-state index contributed by atoms with van der Waals surface area (Å²) in [6, 6.07) is 16.0. The summed E-state index contributed by atoms with van der Waals surface area (Å²) in [6.07, 6.45) is 0. The van der Waals surface area contributed by atoms with Crippen molar-refractivity contribution < 1.29 is 13.6 Å². The first-order chi connectivity index (χ1) is 12.0. The summed E-state index contributed by atoms with van der Waals surface area (Å²) in [5, 5.41) is 5.40. The van der Waals surface area contributed by atoms with E-state index < -0.39 is 11.8 Å². The summed E-state index contributed by atoms with van der Waals surface area (Å²) in [4.78, 5) is 14.5. The van der Waals surface area contributed by atoms with Gasteiger partial charge in [0, 0.05) is 30.2 Å². The summed E-state index contributed by atoms with van der Waals surface area (Å²) in [5.41, 5.74) is 1.42. The number of nitrogens with one attached hydrogen (secondary N) is 2. The number of nitrogens with zero attached hydrogens (tertiary/aromatic N) is 1. The molecule has 2 N–H and O–H groups in total. The molecule has 0 radical (unpaired) electrons. The number of benzene rings is 2. The smallest absolute Gasteiger partial charge is 0.319 e. The molecule has 2 aromatic carbocycles. The van der Waals surface area contributed by atoms with Gasteiger partial charge in [0.15, 0.2) is 0 Å². The topological polar surface area (TPSA) is 44.4 Å². The summed E-state index contributed by atoms with van der Waals surface area (Å²) >= 11 is 0.410. The van der Waals surface area contributed by atoms with Crippen LogP contribution in [0.25, 0.3) is 0 Å². The van der Waals surface area contributed by atoms with Gasteiger partial charge in [-0.05, 0) is 31.2 Å². The first-order valence-electron chi connectivity index (χ1n) is 7.84. The van der Waals surface area contributed by atoms with E-state index in [0.29, 0.717) is 28.9 Å². The third-order valence-electron chi connectivity index (χ3n) is 3.73. The van der Waals surface area contributed by atoms with Crippen LogP contribution >= 0.6 is 11.8 Å². The number of hydrogen-bond acceptors (Lipinski definition) is 3. The van der Waals surface area contributed by atoms with E-state index >= 15 is 0 Å². The molecule has 0 fully saturated rings. The van der Waals surface area contributed by atoms with Crippen LogP contribution in [0.3, 0.4) is 0 Å². The first kappa shape index (κ1) is 19.1. The standard InChI is InChI=1S/C18H21F2N3OS/c1-13(23(2)14-8-4-3-5-9-14)12-21-18(24)22-15-10-6-7-11-16(15)25-17(19)20/h3-11,13,17H,12H2,1-2H3,(H2,21,22,24)/t13-/m0/s1. The van der Waals surface area contributed by atoms with Crippen LogP contribution < -0.4 is 15.5 Å². The average molecular weight is 365 g/mol. The Balaban J connectivity index is 1.89. The molecule has 1 atom stereocenters. The number of urea groups is 1. The van der Waals surface area contributed by atoms with Crippen molar-refractivity contribution in [3.05, 3.63) is 54.6 Å². The van der Waals surface area contributed by atoms with E-state index in [9.17, 15) is 13.6 Å². The number of carbonyl (C=O) groups is 1. The number of thioether (sulfide) groups is 1. The molecule has 0 bridgehead atoms. The second kappa shape index (κ2) is 9.27. The number of alkyl halides is 2. The van der Waals surface area contributed by atoms with Crippen LogP contribution in [0.5, 0.6) is 0 Å². The fraction of sp³-hybridized carbons (Fsp3) is 0.278. The Morgan fingerprint density at radius 3 is 2.44 bits per heavy atom. The zero-order chi connectivity index (χ0) is 18.2. The SMILES string of the molecule is C[C@@H](CNC(=O)Nc1ccccc1SC(F)F)N(C)c1ccccc1. The van der Waals surface area contributed by atoms with Crippen molar-refractivity contribution in [2.45, 2.75) is 23.6 Å². The van der Waals surface area contributed by atoms with Gasteiger partial charge >= 0.3 is 6.03 Å². The highest BCUT2D eigenvalue weighted by Crippen LogP contribution is 2.31. The Hall–Kier alpha value is -2.28. The highest BCUT2D eigenvalue weighted by molar-refractivity contribution is 7.99. The molecule has 0 saturated heterocycles. The van der Waals surface area contributed by atoms with Gasteiger partial charge in [0.05, 0.1) is 5.69 Å². The number of amides is 2. The zero-order valence-corrected chi connectivity index (χ0v) is 14.9. The Morgan fingerprint density at radius 1 is 1.12 bits per heavy atom. The van der Waals surface area contributed by atoms with Crippen LogP contribution in [0.15, 0.2) is 59.5 Å². The van der Waals surface area contributed by atoms with Gasteiger partial charge in [0.1, 0.15) is 0 Å². The first-order valence-corrected chi connectivity index (χ1v) is 8.72. The van der Waals surface area contributed by atoms with Crippen LogP contribution in [0, 0.1) is 0 Å². The van der Waals surface area contributed by atoms with Crippen LogP contribution in [0.4, 0.5) is 25.0 Å². The molecule has 2 rings (SSSR count). The number of para-hydroxylation sites is 2. The van der Waals surface area contributed by atoms with Gasteiger partial charge in [0.25, 0.3) is 5.76 Å². The van der Waals surface area contributed by atoms with E-state index in [2.05, 4.69) is 15.5 Å². The predicted molar refractivity (Wildman–Crippen MR) is 99.6 cm³/mol. The third-order valence-corrected chi connectivity index (χ3v) is 4.52. The van der Waals surface area contributed by atoms with Gasteiger partial charge in [-0.25, -0.2) is 4.79 Å². The number of hydrogen-bond donors (Lipinski definition) is 2. The van der Waals surface area contributed by atoms with Gasteiger partial charge in [0.2, 0.25) is 0 Å². The van der Waals surface area contributed by atoms with Crippen molar-refractivity contribution in [3.63, 3.8) is 0 Å². The lowest BCUT2D eigenvalue weighted by Crippen LogP contribution is -2.41. The number of anilines is 2. The Labute approximate surface area is 150 Å². The largest absolute Gasteiger partial charge is 0.370 e. The normalized spacial score (nSPS) is 11.9. The van der Waals surface area contributed by atoms with Crippen LogP contribution in [0.1, 0.15) is 6.92 Å². The van der Waals surface area contributed by atoms with Crippen molar-refractivity contribution >= 4 is 29.2 Å². The lowest BCUT2D eigenvalue weighted by molar-refractivity contribution is 0.250. The van der Waals surface area contributed by atoms with Crippen LogP contribution in [-0.4, -0.2) is 31.4 Å². The molecule has 7 heteroatoms. The molecular formula is C18H21F2N3OS. The molecule has 2 amide bonds. The van der Waals surface area contributed by atoms with Crippen molar-refractivity contribution in [2.75, 3.05) is 23.8 Å².